The molecule has 0 spiro atoms. The highest BCUT2D eigenvalue weighted by atomic mass is 19.1. The van der Waals surface area contributed by atoms with Gasteiger partial charge in [0.25, 0.3) is 0 Å². The number of pyridine rings is 1. The molecular weight excluding hydrogens is 473 g/mol. The summed E-state index contributed by atoms with van der Waals surface area (Å²) in [6, 6.07) is 6.92. The first kappa shape index (κ1) is 25.8. The fourth-order valence-corrected chi connectivity index (χ4v) is 5.62. The maximum absolute atomic E-state index is 14.2. The molecule has 1 atom stereocenters. The van der Waals surface area contributed by atoms with Crippen LogP contribution in [0.3, 0.4) is 0 Å². The van der Waals surface area contributed by atoms with Crippen molar-refractivity contribution in [3.8, 4) is 11.1 Å². The van der Waals surface area contributed by atoms with Crippen molar-refractivity contribution in [2.45, 2.75) is 58.8 Å². The minimum Gasteiger partial charge on any atom is -0.462 e. The Labute approximate surface area is 217 Å². The quantitative estimate of drug-likeness (QED) is 0.370. The maximum atomic E-state index is 14.2. The predicted molar refractivity (Wildman–Crippen MR) is 139 cm³/mol. The fraction of sp³-hybridized carbons (Fsp3) is 0.517. The number of esters is 1. The van der Waals surface area contributed by atoms with Gasteiger partial charge in [0.1, 0.15) is 11.6 Å². The zero-order valence-electron chi connectivity index (χ0n) is 22.1. The number of carbonyl (C=O) groups excluding carboxylic acids is 1. The predicted octanol–water partition coefficient (Wildman–Crippen LogP) is 5.20. The van der Waals surface area contributed by atoms with Gasteiger partial charge in [-0.15, -0.1) is 0 Å². The molecule has 2 aliphatic heterocycles. The third-order valence-electron chi connectivity index (χ3n) is 7.62. The summed E-state index contributed by atoms with van der Waals surface area (Å²) in [6.07, 6.45) is 5.84. The molecule has 0 bridgehead atoms. The number of ether oxygens (including phenoxy) is 3. The lowest BCUT2D eigenvalue weighted by atomic mass is 9.85. The van der Waals surface area contributed by atoms with Gasteiger partial charge in [0.2, 0.25) is 0 Å². The molecule has 0 unspecified atom stereocenters. The van der Waals surface area contributed by atoms with Gasteiger partial charge < -0.3 is 18.6 Å². The zero-order valence-corrected chi connectivity index (χ0v) is 22.1. The second kappa shape index (κ2) is 10.9. The van der Waals surface area contributed by atoms with E-state index in [1.807, 2.05) is 13.1 Å². The number of rotatable bonds is 9. The number of halogens is 1. The van der Waals surface area contributed by atoms with E-state index in [9.17, 15) is 9.18 Å². The minimum atomic E-state index is -0.526. The Kier molecular flexibility index (Phi) is 7.60. The molecule has 3 aromatic rings. The first-order chi connectivity index (χ1) is 17.9. The standard InChI is InChI=1S/C29H36FN3O4/c1-5-35-29(34)25-13-22(30)6-7-23(25)24-12-20(17-33-19(4)31-14-27(24)33)21-15-32(16-21)26(18(2)3)8-9-28-36-10-11-37-28/h6-7,12-14,17-18,21,26,28H,5,8-11,15-16H2,1-4H3/t26-/m0/s1. The van der Waals surface area contributed by atoms with E-state index in [4.69, 9.17) is 14.2 Å². The van der Waals surface area contributed by atoms with E-state index in [1.165, 1.54) is 17.7 Å². The highest BCUT2D eigenvalue weighted by Crippen LogP contribution is 2.37. The summed E-state index contributed by atoms with van der Waals surface area (Å²) in [4.78, 5) is 19.8. The van der Waals surface area contributed by atoms with Gasteiger partial charge in [-0.05, 0) is 61.9 Å². The third-order valence-corrected chi connectivity index (χ3v) is 7.62. The van der Waals surface area contributed by atoms with Crippen LogP contribution in [0.2, 0.25) is 0 Å². The molecule has 2 saturated heterocycles. The summed E-state index contributed by atoms with van der Waals surface area (Å²) in [5, 5.41) is 0. The first-order valence-electron chi connectivity index (χ1n) is 13.3. The number of benzene rings is 1. The topological polar surface area (TPSA) is 65.3 Å². The number of fused-ring (bicyclic) bond motifs is 1. The highest BCUT2D eigenvalue weighted by Gasteiger charge is 2.36. The lowest BCUT2D eigenvalue weighted by Crippen LogP contribution is -2.52. The Morgan fingerprint density at radius 1 is 1.19 bits per heavy atom. The van der Waals surface area contributed by atoms with Crippen molar-refractivity contribution in [1.29, 1.82) is 0 Å². The molecule has 37 heavy (non-hydrogen) atoms. The van der Waals surface area contributed by atoms with Crippen LogP contribution >= 0.6 is 0 Å². The van der Waals surface area contributed by atoms with Gasteiger partial charge >= 0.3 is 5.97 Å². The number of likely N-dealkylation sites (tertiary alicyclic amines) is 1. The van der Waals surface area contributed by atoms with Crippen molar-refractivity contribution < 1.29 is 23.4 Å². The van der Waals surface area contributed by atoms with Crippen molar-refractivity contribution >= 4 is 11.5 Å². The van der Waals surface area contributed by atoms with Gasteiger partial charge in [-0.25, -0.2) is 14.2 Å². The fourth-order valence-electron chi connectivity index (χ4n) is 5.62. The molecule has 0 aliphatic carbocycles. The second-order valence-corrected chi connectivity index (χ2v) is 10.4. The maximum Gasteiger partial charge on any atom is 0.338 e. The van der Waals surface area contributed by atoms with Gasteiger partial charge in [-0.3, -0.25) is 4.90 Å². The van der Waals surface area contributed by atoms with E-state index < -0.39 is 11.8 Å². The smallest absolute Gasteiger partial charge is 0.338 e. The molecular formula is C29H36FN3O4. The van der Waals surface area contributed by atoms with Crippen LogP contribution in [0.25, 0.3) is 16.6 Å². The molecule has 5 rings (SSSR count). The monoisotopic (exact) mass is 509 g/mol. The van der Waals surface area contributed by atoms with E-state index in [1.54, 1.807) is 13.0 Å². The zero-order chi connectivity index (χ0) is 26.1. The Balaban J connectivity index is 1.42. The van der Waals surface area contributed by atoms with Crippen LogP contribution < -0.4 is 0 Å². The van der Waals surface area contributed by atoms with Crippen molar-refractivity contribution in [3.63, 3.8) is 0 Å². The summed E-state index contributed by atoms with van der Waals surface area (Å²) in [7, 11) is 0. The van der Waals surface area contributed by atoms with E-state index in [0.29, 0.717) is 36.7 Å². The molecule has 198 valence electrons. The van der Waals surface area contributed by atoms with E-state index in [-0.39, 0.29) is 18.5 Å². The molecule has 1 aromatic carbocycles. The van der Waals surface area contributed by atoms with E-state index in [0.717, 1.165) is 42.8 Å². The van der Waals surface area contributed by atoms with Crippen molar-refractivity contribution in [2.75, 3.05) is 32.9 Å². The lowest BCUT2D eigenvalue weighted by molar-refractivity contribution is -0.0564. The largest absolute Gasteiger partial charge is 0.462 e. The summed E-state index contributed by atoms with van der Waals surface area (Å²) in [5.41, 5.74) is 3.80. The van der Waals surface area contributed by atoms with E-state index in [2.05, 4.69) is 40.4 Å². The third kappa shape index (κ3) is 5.28. The first-order valence-corrected chi connectivity index (χ1v) is 13.3. The Morgan fingerprint density at radius 2 is 1.95 bits per heavy atom. The molecule has 4 heterocycles. The average Bonchev–Trinajstić information content (AvgIpc) is 3.50. The highest BCUT2D eigenvalue weighted by molar-refractivity contribution is 5.99. The van der Waals surface area contributed by atoms with Gasteiger partial charge in [-0.1, -0.05) is 19.9 Å². The Bertz CT molecular complexity index is 1260. The number of imidazole rings is 1. The van der Waals surface area contributed by atoms with Gasteiger partial charge in [0.15, 0.2) is 6.29 Å². The number of nitrogens with zero attached hydrogens (tertiary/aromatic N) is 3. The molecule has 2 aliphatic rings. The molecule has 2 aromatic heterocycles. The van der Waals surface area contributed by atoms with Gasteiger partial charge in [0.05, 0.1) is 37.1 Å². The van der Waals surface area contributed by atoms with Crippen LogP contribution in [-0.4, -0.2) is 65.5 Å². The van der Waals surface area contributed by atoms with Crippen LogP contribution in [0.15, 0.2) is 36.7 Å². The van der Waals surface area contributed by atoms with Gasteiger partial charge in [-0.2, -0.15) is 0 Å². The van der Waals surface area contributed by atoms with Crippen molar-refractivity contribution in [2.24, 2.45) is 5.92 Å². The van der Waals surface area contributed by atoms with E-state index >= 15 is 0 Å². The molecule has 0 saturated carbocycles. The van der Waals surface area contributed by atoms with Gasteiger partial charge in [0, 0.05) is 36.8 Å². The molecule has 0 radical (unpaired) electrons. The number of hydrogen-bond donors (Lipinski definition) is 0. The normalized spacial score (nSPS) is 18.0. The van der Waals surface area contributed by atoms with Crippen molar-refractivity contribution in [1.82, 2.24) is 14.3 Å². The Morgan fingerprint density at radius 3 is 2.65 bits per heavy atom. The number of aromatic nitrogens is 2. The van der Waals surface area contributed by atoms with Crippen LogP contribution in [0.5, 0.6) is 0 Å². The number of aryl methyl sites for hydroxylation is 1. The minimum absolute atomic E-state index is 0.0724. The second-order valence-electron chi connectivity index (χ2n) is 10.4. The van der Waals surface area contributed by atoms with Crippen LogP contribution in [0, 0.1) is 18.7 Å². The summed E-state index contributed by atoms with van der Waals surface area (Å²) in [5.74, 6) is 0.762. The molecule has 8 heteroatoms. The molecule has 0 N–H and O–H groups in total. The van der Waals surface area contributed by atoms with Crippen molar-refractivity contribution in [3.05, 3.63) is 59.4 Å². The number of hydrogen-bond acceptors (Lipinski definition) is 6. The molecule has 7 nitrogen and oxygen atoms in total. The van der Waals surface area contributed by atoms with Crippen LogP contribution in [0.4, 0.5) is 4.39 Å². The average molecular weight is 510 g/mol. The summed E-state index contributed by atoms with van der Waals surface area (Å²) >= 11 is 0. The number of carbonyl (C=O) groups is 1. The summed E-state index contributed by atoms with van der Waals surface area (Å²) < 4.78 is 32.8. The molecule has 2 fully saturated rings. The van der Waals surface area contributed by atoms with Crippen LogP contribution in [-0.2, 0) is 14.2 Å². The lowest BCUT2D eigenvalue weighted by Gasteiger charge is -2.46. The SMILES string of the molecule is CCOC(=O)c1cc(F)ccc1-c1cc(C2CN([C@@H](CCC3OCCO3)C(C)C)C2)cn2c(C)ncc12. The Hall–Kier alpha value is -2.81. The van der Waals surface area contributed by atoms with Crippen LogP contribution in [0.1, 0.15) is 61.3 Å². The molecule has 0 amide bonds. The summed E-state index contributed by atoms with van der Waals surface area (Å²) in [6.45, 7) is 11.8.